The molecule has 4 heteroatoms. The Bertz CT molecular complexity index is 413. The third kappa shape index (κ3) is 4.39. The molecule has 0 aliphatic carbocycles. The zero-order valence-corrected chi connectivity index (χ0v) is 11.3. The van der Waals surface area contributed by atoms with Crippen molar-refractivity contribution in [1.82, 2.24) is 0 Å². The Morgan fingerprint density at radius 3 is 2.32 bits per heavy atom. The maximum atomic E-state index is 11.9. The first-order chi connectivity index (χ1) is 9.10. The number of esters is 1. The molecule has 0 amide bonds. The van der Waals surface area contributed by atoms with Crippen molar-refractivity contribution in [2.24, 2.45) is 5.92 Å². The minimum Gasteiger partial charge on any atom is -0.481 e. The molecule has 0 aliphatic rings. The van der Waals surface area contributed by atoms with Gasteiger partial charge < -0.3 is 9.84 Å². The molecule has 4 nitrogen and oxygen atoms in total. The maximum Gasteiger partial charge on any atom is 0.338 e. The number of ether oxygens (including phenoxy) is 1. The largest absolute Gasteiger partial charge is 0.481 e. The molecule has 0 spiro atoms. The van der Waals surface area contributed by atoms with Crippen molar-refractivity contribution in [3.05, 3.63) is 35.9 Å². The number of carboxylic acid groups (broad SMARTS) is 1. The van der Waals surface area contributed by atoms with E-state index in [4.69, 9.17) is 4.74 Å². The fraction of sp³-hybridized carbons (Fsp3) is 0.467. The van der Waals surface area contributed by atoms with Gasteiger partial charge in [-0.3, -0.25) is 4.79 Å². The highest BCUT2D eigenvalue weighted by molar-refractivity contribution is 5.89. The molecule has 0 fully saturated rings. The number of rotatable bonds is 7. The van der Waals surface area contributed by atoms with E-state index in [0.29, 0.717) is 18.4 Å². The molecule has 0 aromatic heterocycles. The van der Waals surface area contributed by atoms with Gasteiger partial charge in [0.25, 0.3) is 0 Å². The van der Waals surface area contributed by atoms with Gasteiger partial charge in [0.05, 0.1) is 11.5 Å². The van der Waals surface area contributed by atoms with Crippen molar-refractivity contribution in [2.45, 2.75) is 39.2 Å². The van der Waals surface area contributed by atoms with E-state index in [2.05, 4.69) is 0 Å². The maximum absolute atomic E-state index is 11.9. The second-order valence-electron chi connectivity index (χ2n) is 4.45. The summed E-state index contributed by atoms with van der Waals surface area (Å²) in [6.07, 6.45) is 1.17. The van der Waals surface area contributed by atoms with Crippen LogP contribution < -0.4 is 0 Å². The molecule has 1 N–H and O–H groups in total. The Hall–Kier alpha value is -1.84. The van der Waals surface area contributed by atoms with Crippen molar-refractivity contribution in [2.75, 3.05) is 0 Å². The standard InChI is InChI=1S/C15H20O4/c1-3-8-12(14(16)17)13(4-2)19-15(18)11-9-6-5-7-10-11/h5-7,9-10,12-13H,3-4,8H2,1-2H3,(H,16,17). The van der Waals surface area contributed by atoms with E-state index in [1.54, 1.807) is 24.3 Å². The van der Waals surface area contributed by atoms with Crippen LogP contribution in [0.5, 0.6) is 0 Å². The zero-order valence-electron chi connectivity index (χ0n) is 11.3. The first kappa shape index (κ1) is 15.2. The van der Waals surface area contributed by atoms with Gasteiger partial charge in [0, 0.05) is 0 Å². The topological polar surface area (TPSA) is 63.6 Å². The predicted molar refractivity (Wildman–Crippen MR) is 72.0 cm³/mol. The van der Waals surface area contributed by atoms with Gasteiger partial charge in [-0.05, 0) is 25.0 Å². The van der Waals surface area contributed by atoms with E-state index in [1.807, 2.05) is 19.9 Å². The summed E-state index contributed by atoms with van der Waals surface area (Å²) >= 11 is 0. The fourth-order valence-electron chi connectivity index (χ4n) is 2.01. The van der Waals surface area contributed by atoms with Gasteiger partial charge in [0.2, 0.25) is 0 Å². The number of aliphatic carboxylic acids is 1. The molecular formula is C15H20O4. The molecule has 19 heavy (non-hydrogen) atoms. The van der Waals surface area contributed by atoms with E-state index in [9.17, 15) is 14.7 Å². The number of carboxylic acids is 1. The lowest BCUT2D eigenvalue weighted by molar-refractivity contribution is -0.146. The second-order valence-corrected chi connectivity index (χ2v) is 4.45. The van der Waals surface area contributed by atoms with Crippen LogP contribution in [-0.2, 0) is 9.53 Å². The van der Waals surface area contributed by atoms with Crippen LogP contribution in [0.2, 0.25) is 0 Å². The van der Waals surface area contributed by atoms with Crippen LogP contribution in [0.4, 0.5) is 0 Å². The van der Waals surface area contributed by atoms with Gasteiger partial charge >= 0.3 is 11.9 Å². The SMILES string of the molecule is CCCC(C(=O)O)C(CC)OC(=O)c1ccccc1. The molecule has 0 bridgehead atoms. The Morgan fingerprint density at radius 1 is 1.21 bits per heavy atom. The molecule has 0 heterocycles. The summed E-state index contributed by atoms with van der Waals surface area (Å²) in [6, 6.07) is 8.62. The first-order valence-corrected chi connectivity index (χ1v) is 6.59. The molecule has 0 saturated heterocycles. The Morgan fingerprint density at radius 2 is 1.84 bits per heavy atom. The number of benzene rings is 1. The normalized spacial score (nSPS) is 13.6. The summed E-state index contributed by atoms with van der Waals surface area (Å²) < 4.78 is 5.34. The van der Waals surface area contributed by atoms with E-state index < -0.39 is 24.0 Å². The molecule has 1 aromatic rings. The van der Waals surface area contributed by atoms with E-state index >= 15 is 0 Å². The van der Waals surface area contributed by atoms with Crippen LogP contribution in [0, 0.1) is 5.92 Å². The van der Waals surface area contributed by atoms with E-state index in [-0.39, 0.29) is 0 Å². The Kier molecular flexibility index (Phi) is 6.06. The minimum absolute atomic E-state index is 0.446. The quantitative estimate of drug-likeness (QED) is 0.768. The monoisotopic (exact) mass is 264 g/mol. The van der Waals surface area contributed by atoms with Crippen LogP contribution in [0.25, 0.3) is 0 Å². The Labute approximate surface area is 113 Å². The molecule has 0 radical (unpaired) electrons. The van der Waals surface area contributed by atoms with Gasteiger partial charge in [0.1, 0.15) is 6.10 Å². The second kappa shape index (κ2) is 7.56. The summed E-state index contributed by atoms with van der Waals surface area (Å²) in [4.78, 5) is 23.1. The van der Waals surface area contributed by atoms with Crippen molar-refractivity contribution in [1.29, 1.82) is 0 Å². The van der Waals surface area contributed by atoms with E-state index in [0.717, 1.165) is 6.42 Å². The first-order valence-electron chi connectivity index (χ1n) is 6.59. The third-order valence-corrected chi connectivity index (χ3v) is 3.04. The highest BCUT2D eigenvalue weighted by atomic mass is 16.5. The van der Waals surface area contributed by atoms with Gasteiger partial charge in [-0.15, -0.1) is 0 Å². The summed E-state index contributed by atoms with van der Waals surface area (Å²) in [5.41, 5.74) is 0.446. The molecule has 2 unspecified atom stereocenters. The van der Waals surface area contributed by atoms with Crippen LogP contribution in [0.1, 0.15) is 43.5 Å². The number of carbonyl (C=O) groups excluding carboxylic acids is 1. The summed E-state index contributed by atoms with van der Waals surface area (Å²) in [5.74, 6) is -2.01. The number of carbonyl (C=O) groups is 2. The van der Waals surface area contributed by atoms with Crippen LogP contribution in [-0.4, -0.2) is 23.1 Å². The van der Waals surface area contributed by atoms with Crippen molar-refractivity contribution >= 4 is 11.9 Å². The molecule has 1 rings (SSSR count). The van der Waals surface area contributed by atoms with Crippen LogP contribution in [0.15, 0.2) is 30.3 Å². The summed E-state index contributed by atoms with van der Waals surface area (Å²) in [6.45, 7) is 3.75. The van der Waals surface area contributed by atoms with Crippen molar-refractivity contribution in [3.8, 4) is 0 Å². The van der Waals surface area contributed by atoms with Gasteiger partial charge in [-0.25, -0.2) is 4.79 Å². The summed E-state index contributed by atoms with van der Waals surface area (Å²) in [7, 11) is 0. The number of hydrogen-bond donors (Lipinski definition) is 1. The third-order valence-electron chi connectivity index (χ3n) is 3.04. The molecule has 0 aliphatic heterocycles. The van der Waals surface area contributed by atoms with Gasteiger partial charge in [-0.2, -0.15) is 0 Å². The highest BCUT2D eigenvalue weighted by Gasteiger charge is 2.29. The van der Waals surface area contributed by atoms with Gasteiger partial charge in [-0.1, -0.05) is 38.5 Å². The highest BCUT2D eigenvalue weighted by Crippen LogP contribution is 2.19. The van der Waals surface area contributed by atoms with E-state index in [1.165, 1.54) is 0 Å². The molecule has 1 aromatic carbocycles. The van der Waals surface area contributed by atoms with Crippen LogP contribution in [0.3, 0.4) is 0 Å². The zero-order chi connectivity index (χ0) is 14.3. The summed E-state index contributed by atoms with van der Waals surface area (Å²) in [5, 5.41) is 9.20. The predicted octanol–water partition coefficient (Wildman–Crippen LogP) is 3.12. The molecule has 2 atom stereocenters. The average molecular weight is 264 g/mol. The van der Waals surface area contributed by atoms with Crippen molar-refractivity contribution in [3.63, 3.8) is 0 Å². The molecule has 0 saturated carbocycles. The number of hydrogen-bond acceptors (Lipinski definition) is 3. The molecular weight excluding hydrogens is 244 g/mol. The lowest BCUT2D eigenvalue weighted by Gasteiger charge is -2.22. The van der Waals surface area contributed by atoms with Crippen LogP contribution >= 0.6 is 0 Å². The Balaban J connectivity index is 2.75. The minimum atomic E-state index is -0.908. The van der Waals surface area contributed by atoms with Gasteiger partial charge in [0.15, 0.2) is 0 Å². The molecule has 104 valence electrons. The smallest absolute Gasteiger partial charge is 0.338 e. The fourth-order valence-corrected chi connectivity index (χ4v) is 2.01. The average Bonchev–Trinajstić information content (AvgIpc) is 2.43. The lowest BCUT2D eigenvalue weighted by Crippen LogP contribution is -2.32. The lowest BCUT2D eigenvalue weighted by atomic mass is 9.95. The van der Waals surface area contributed by atoms with Crippen molar-refractivity contribution < 1.29 is 19.4 Å².